The molecule has 1 heterocycles. The normalized spacial score (nSPS) is 16.1. The van der Waals surface area contributed by atoms with E-state index in [9.17, 15) is 26.4 Å². The first-order chi connectivity index (χ1) is 16.0. The van der Waals surface area contributed by atoms with E-state index in [1.807, 2.05) is 0 Å². The van der Waals surface area contributed by atoms with E-state index in [0.717, 1.165) is 12.1 Å². The van der Waals surface area contributed by atoms with Crippen molar-refractivity contribution in [3.63, 3.8) is 0 Å². The molecule has 3 aromatic rings. The Bertz CT molecular complexity index is 1310. The summed E-state index contributed by atoms with van der Waals surface area (Å²) in [5.74, 6) is -1.12. The number of halogens is 3. The van der Waals surface area contributed by atoms with Crippen molar-refractivity contribution in [1.82, 2.24) is 14.5 Å². The Labute approximate surface area is 193 Å². The first-order valence-corrected chi connectivity index (χ1v) is 11.7. The Balaban J connectivity index is 1.67. The average molecular weight is 495 g/mol. The number of benzene rings is 2. The standard InChI is InChI=1S/C22H20F3N3O5S/c23-22(24,25)14-9-16(33-15-5-2-1-3-6-15)11-17(10-14)34(31,32)27-19-7-4-8-20-18(19)12-26-28(20)13-21(29)30/h1-3,5-6,9-12,19,27H,4,7-8,13H2,(H,29,30). The summed E-state index contributed by atoms with van der Waals surface area (Å²) >= 11 is 0. The summed E-state index contributed by atoms with van der Waals surface area (Å²) < 4.78 is 76.0. The van der Waals surface area contributed by atoms with Gasteiger partial charge in [0, 0.05) is 17.3 Å². The molecule has 34 heavy (non-hydrogen) atoms. The minimum absolute atomic E-state index is 0.251. The van der Waals surface area contributed by atoms with E-state index >= 15 is 0 Å². The second kappa shape index (κ2) is 9.11. The molecule has 1 atom stereocenters. The van der Waals surface area contributed by atoms with E-state index in [-0.39, 0.29) is 18.0 Å². The fraction of sp³-hybridized carbons (Fsp3) is 0.273. The Hall–Kier alpha value is -3.38. The van der Waals surface area contributed by atoms with Gasteiger partial charge in [-0.05, 0) is 43.5 Å². The number of hydrogen-bond acceptors (Lipinski definition) is 5. The van der Waals surface area contributed by atoms with Gasteiger partial charge in [0.2, 0.25) is 10.0 Å². The van der Waals surface area contributed by atoms with Gasteiger partial charge in [-0.3, -0.25) is 9.48 Å². The topological polar surface area (TPSA) is 111 Å². The largest absolute Gasteiger partial charge is 0.480 e. The van der Waals surface area contributed by atoms with Crippen LogP contribution >= 0.6 is 0 Å². The molecule has 8 nitrogen and oxygen atoms in total. The number of sulfonamides is 1. The average Bonchev–Trinajstić information content (AvgIpc) is 3.17. The monoisotopic (exact) mass is 495 g/mol. The van der Waals surface area contributed by atoms with Gasteiger partial charge in [0.05, 0.1) is 22.7 Å². The summed E-state index contributed by atoms with van der Waals surface area (Å²) in [6, 6.07) is 9.59. The Morgan fingerprint density at radius 2 is 1.91 bits per heavy atom. The lowest BCUT2D eigenvalue weighted by Gasteiger charge is -2.24. The smallest absolute Gasteiger partial charge is 0.416 e. The first-order valence-electron chi connectivity index (χ1n) is 10.3. The molecule has 0 spiro atoms. The van der Waals surface area contributed by atoms with Gasteiger partial charge < -0.3 is 9.84 Å². The molecule has 1 unspecified atom stereocenters. The second-order valence-electron chi connectivity index (χ2n) is 7.77. The van der Waals surface area contributed by atoms with Crippen LogP contribution in [0.15, 0.2) is 59.6 Å². The highest BCUT2D eigenvalue weighted by Gasteiger charge is 2.34. The molecule has 0 aliphatic heterocycles. The SMILES string of the molecule is O=C(O)Cn1ncc2c1CCCC2NS(=O)(=O)c1cc(Oc2ccccc2)cc(C(F)(F)F)c1. The molecule has 12 heteroatoms. The number of carbonyl (C=O) groups is 1. The van der Waals surface area contributed by atoms with Crippen molar-refractivity contribution in [1.29, 1.82) is 0 Å². The van der Waals surface area contributed by atoms with E-state index in [2.05, 4.69) is 9.82 Å². The molecular formula is C22H20F3N3O5S. The van der Waals surface area contributed by atoms with Crippen molar-refractivity contribution in [2.45, 2.75) is 42.9 Å². The van der Waals surface area contributed by atoms with Crippen molar-refractivity contribution >= 4 is 16.0 Å². The number of fused-ring (bicyclic) bond motifs is 1. The summed E-state index contributed by atoms with van der Waals surface area (Å²) in [7, 11) is -4.40. The van der Waals surface area contributed by atoms with Crippen LogP contribution in [0.1, 0.15) is 35.7 Å². The molecule has 0 saturated heterocycles. The lowest BCUT2D eigenvalue weighted by Crippen LogP contribution is -2.31. The maximum Gasteiger partial charge on any atom is 0.416 e. The fourth-order valence-corrected chi connectivity index (χ4v) is 5.14. The molecule has 1 aromatic heterocycles. The van der Waals surface area contributed by atoms with Crippen LogP contribution in [0.2, 0.25) is 0 Å². The lowest BCUT2D eigenvalue weighted by molar-refractivity contribution is -0.138. The minimum atomic E-state index is -4.80. The molecule has 180 valence electrons. The van der Waals surface area contributed by atoms with Crippen LogP contribution in [-0.2, 0) is 34.0 Å². The van der Waals surface area contributed by atoms with E-state index < -0.39 is 38.7 Å². The van der Waals surface area contributed by atoms with Crippen molar-refractivity contribution in [2.75, 3.05) is 0 Å². The predicted molar refractivity (Wildman–Crippen MR) is 114 cm³/mol. The molecule has 1 aliphatic carbocycles. The van der Waals surface area contributed by atoms with Gasteiger partial charge in [0.25, 0.3) is 0 Å². The van der Waals surface area contributed by atoms with E-state index in [0.29, 0.717) is 36.6 Å². The van der Waals surface area contributed by atoms with E-state index in [1.165, 1.54) is 23.0 Å². The second-order valence-corrected chi connectivity index (χ2v) is 9.48. The number of rotatable bonds is 7. The maximum absolute atomic E-state index is 13.5. The molecule has 1 aliphatic rings. The molecular weight excluding hydrogens is 475 g/mol. The number of aromatic nitrogens is 2. The maximum atomic E-state index is 13.5. The lowest BCUT2D eigenvalue weighted by atomic mass is 9.94. The third kappa shape index (κ3) is 5.23. The Morgan fingerprint density at radius 3 is 2.59 bits per heavy atom. The van der Waals surface area contributed by atoms with Crippen LogP contribution in [0.25, 0.3) is 0 Å². The molecule has 0 saturated carbocycles. The Kier molecular flexibility index (Phi) is 6.36. The Morgan fingerprint density at radius 1 is 1.18 bits per heavy atom. The summed E-state index contributed by atoms with van der Waals surface area (Å²) in [4.78, 5) is 10.4. The van der Waals surface area contributed by atoms with Crippen LogP contribution in [0.4, 0.5) is 13.2 Å². The summed E-state index contributed by atoms with van der Waals surface area (Å²) in [5.41, 5.74) is -0.0813. The number of carboxylic acid groups (broad SMARTS) is 1. The van der Waals surface area contributed by atoms with Gasteiger partial charge in [-0.2, -0.15) is 18.3 Å². The quantitative estimate of drug-likeness (QED) is 0.510. The molecule has 0 amide bonds. The number of alkyl halides is 3. The van der Waals surface area contributed by atoms with Crippen LogP contribution in [0, 0.1) is 0 Å². The first kappa shape index (κ1) is 23.8. The summed E-state index contributed by atoms with van der Waals surface area (Å²) in [5, 5.41) is 13.1. The molecule has 2 aromatic carbocycles. The van der Waals surface area contributed by atoms with Crippen LogP contribution in [0.5, 0.6) is 11.5 Å². The van der Waals surface area contributed by atoms with Crippen molar-refractivity contribution < 1.29 is 36.2 Å². The minimum Gasteiger partial charge on any atom is -0.480 e. The molecule has 0 fully saturated rings. The third-order valence-electron chi connectivity index (χ3n) is 5.34. The van der Waals surface area contributed by atoms with Gasteiger partial charge in [0.1, 0.15) is 18.0 Å². The number of ether oxygens (including phenoxy) is 1. The third-order valence-corrected chi connectivity index (χ3v) is 6.79. The highest BCUT2D eigenvalue weighted by atomic mass is 32.2. The molecule has 0 bridgehead atoms. The number of nitrogens with zero attached hydrogens (tertiary/aromatic N) is 2. The number of nitrogens with one attached hydrogen (secondary N) is 1. The molecule has 4 rings (SSSR count). The van der Waals surface area contributed by atoms with Gasteiger partial charge in [-0.1, -0.05) is 18.2 Å². The summed E-state index contributed by atoms with van der Waals surface area (Å²) in [6.45, 7) is -0.372. The van der Waals surface area contributed by atoms with Crippen LogP contribution in [-0.4, -0.2) is 29.3 Å². The van der Waals surface area contributed by atoms with Crippen LogP contribution < -0.4 is 9.46 Å². The van der Waals surface area contributed by atoms with E-state index in [1.54, 1.807) is 18.2 Å². The number of hydrogen-bond donors (Lipinski definition) is 2. The van der Waals surface area contributed by atoms with Crippen molar-refractivity contribution in [3.05, 3.63) is 71.5 Å². The van der Waals surface area contributed by atoms with Gasteiger partial charge in [0.15, 0.2) is 0 Å². The molecule has 2 N–H and O–H groups in total. The van der Waals surface area contributed by atoms with E-state index in [4.69, 9.17) is 9.84 Å². The summed E-state index contributed by atoms with van der Waals surface area (Å²) in [6.07, 6.45) is -1.95. The van der Waals surface area contributed by atoms with Crippen molar-refractivity contribution in [2.24, 2.45) is 0 Å². The van der Waals surface area contributed by atoms with Crippen LogP contribution in [0.3, 0.4) is 0 Å². The fourth-order valence-electron chi connectivity index (χ4n) is 3.83. The van der Waals surface area contributed by atoms with Crippen molar-refractivity contribution in [3.8, 4) is 11.5 Å². The zero-order valence-electron chi connectivity index (χ0n) is 17.6. The van der Waals surface area contributed by atoms with Gasteiger partial charge >= 0.3 is 12.1 Å². The zero-order chi connectivity index (χ0) is 24.5. The number of para-hydroxylation sites is 1. The number of aliphatic carboxylic acids is 1. The van der Waals surface area contributed by atoms with Gasteiger partial charge in [-0.15, -0.1) is 0 Å². The highest BCUT2D eigenvalue weighted by molar-refractivity contribution is 7.89. The predicted octanol–water partition coefficient (Wildman–Crippen LogP) is 4.13. The molecule has 0 radical (unpaired) electrons. The van der Waals surface area contributed by atoms with Gasteiger partial charge in [-0.25, -0.2) is 13.1 Å². The number of carboxylic acids is 1. The highest BCUT2D eigenvalue weighted by Crippen LogP contribution is 2.36. The zero-order valence-corrected chi connectivity index (χ0v) is 18.4.